The van der Waals surface area contributed by atoms with E-state index in [2.05, 4.69) is 11.1 Å². The van der Waals surface area contributed by atoms with Crippen LogP contribution in [0.25, 0.3) is 0 Å². The number of nitrogens with two attached hydrogens (primary N) is 1. The number of rotatable bonds is 3. The lowest BCUT2D eigenvalue weighted by atomic mass is 10.1. The molecule has 0 fully saturated rings. The van der Waals surface area contributed by atoms with Crippen LogP contribution in [0.4, 0.5) is 22.9 Å². The Morgan fingerprint density at radius 1 is 1.21 bits per heavy atom. The SMILES string of the molecule is Cc1c(C#N)c(N)nc2c1N(c1ccccc1)C(c1ccc([N+](=O)[O-])cc1)O2. The highest BCUT2D eigenvalue weighted by Gasteiger charge is 2.37. The molecule has 0 radical (unpaired) electrons. The third kappa shape index (κ3) is 2.66. The Labute approximate surface area is 160 Å². The van der Waals surface area contributed by atoms with E-state index in [1.807, 2.05) is 35.2 Å². The van der Waals surface area contributed by atoms with E-state index in [4.69, 9.17) is 10.5 Å². The van der Waals surface area contributed by atoms with Crippen molar-refractivity contribution in [2.45, 2.75) is 13.2 Å². The topological polar surface area (TPSA) is 118 Å². The fraction of sp³-hybridized carbons (Fsp3) is 0.100. The first-order chi connectivity index (χ1) is 13.5. The van der Waals surface area contributed by atoms with Gasteiger partial charge in [0, 0.05) is 23.4 Å². The van der Waals surface area contributed by atoms with Crippen LogP contribution in [0.15, 0.2) is 54.6 Å². The summed E-state index contributed by atoms with van der Waals surface area (Å²) in [6, 6.07) is 17.8. The summed E-state index contributed by atoms with van der Waals surface area (Å²) in [5.41, 5.74) is 9.08. The van der Waals surface area contributed by atoms with E-state index in [1.54, 1.807) is 19.1 Å². The maximum absolute atomic E-state index is 11.0. The van der Waals surface area contributed by atoms with Gasteiger partial charge in [-0.1, -0.05) is 18.2 Å². The van der Waals surface area contributed by atoms with Gasteiger partial charge in [0.1, 0.15) is 17.6 Å². The summed E-state index contributed by atoms with van der Waals surface area (Å²) < 4.78 is 6.08. The van der Waals surface area contributed by atoms with Crippen molar-refractivity contribution >= 4 is 22.9 Å². The molecular formula is C20H15N5O3. The van der Waals surface area contributed by atoms with Gasteiger partial charge in [-0.25, -0.2) is 0 Å². The number of fused-ring (bicyclic) bond motifs is 1. The molecule has 1 unspecified atom stereocenters. The van der Waals surface area contributed by atoms with Gasteiger partial charge in [0.15, 0.2) is 0 Å². The highest BCUT2D eigenvalue weighted by atomic mass is 16.6. The van der Waals surface area contributed by atoms with Gasteiger partial charge in [0.2, 0.25) is 12.1 Å². The molecule has 0 amide bonds. The standard InChI is InChI=1S/C20H15N5O3/c1-12-16(11-21)18(22)23-19-17(12)24(14-5-3-2-4-6-14)20(28-19)13-7-9-15(10-8-13)25(26)27/h2-10,20H,1H3,(H2,22,23). The number of nitrogens with zero attached hydrogens (tertiary/aromatic N) is 4. The molecule has 2 N–H and O–H groups in total. The fourth-order valence-electron chi connectivity index (χ4n) is 3.30. The van der Waals surface area contributed by atoms with Crippen molar-refractivity contribution in [2.24, 2.45) is 0 Å². The second-order valence-corrected chi connectivity index (χ2v) is 6.29. The van der Waals surface area contributed by atoms with Crippen LogP contribution < -0.4 is 15.4 Å². The number of non-ortho nitro benzene ring substituents is 1. The molecule has 2 heterocycles. The molecule has 3 aromatic rings. The quantitative estimate of drug-likeness (QED) is 0.545. The first-order valence-corrected chi connectivity index (χ1v) is 8.46. The molecule has 1 aromatic heterocycles. The molecule has 2 aromatic carbocycles. The van der Waals surface area contributed by atoms with E-state index in [9.17, 15) is 15.4 Å². The monoisotopic (exact) mass is 373 g/mol. The number of aromatic nitrogens is 1. The molecule has 1 aliphatic rings. The number of nitriles is 1. The molecule has 28 heavy (non-hydrogen) atoms. The Morgan fingerprint density at radius 2 is 1.89 bits per heavy atom. The third-order valence-corrected chi connectivity index (χ3v) is 4.64. The molecule has 4 rings (SSSR count). The molecule has 0 bridgehead atoms. The Kier molecular flexibility index (Phi) is 4.05. The second-order valence-electron chi connectivity index (χ2n) is 6.29. The molecular weight excluding hydrogens is 358 g/mol. The Morgan fingerprint density at radius 3 is 2.50 bits per heavy atom. The van der Waals surface area contributed by atoms with Crippen LogP contribution in [-0.2, 0) is 0 Å². The van der Waals surface area contributed by atoms with Gasteiger partial charge in [-0.2, -0.15) is 10.2 Å². The molecule has 0 aliphatic carbocycles. The van der Waals surface area contributed by atoms with Crippen molar-refractivity contribution in [1.29, 1.82) is 5.26 Å². The van der Waals surface area contributed by atoms with Crippen molar-refractivity contribution in [3.05, 3.63) is 81.4 Å². The number of nitro benzene ring substituents is 1. The fourth-order valence-corrected chi connectivity index (χ4v) is 3.30. The van der Waals surface area contributed by atoms with Crippen molar-refractivity contribution in [3.63, 3.8) is 0 Å². The molecule has 0 spiro atoms. The maximum atomic E-state index is 11.0. The highest BCUT2D eigenvalue weighted by molar-refractivity contribution is 5.79. The number of ether oxygens (including phenoxy) is 1. The number of hydrogen-bond donors (Lipinski definition) is 1. The smallest absolute Gasteiger partial charge is 0.269 e. The Hall–Kier alpha value is -4.12. The van der Waals surface area contributed by atoms with Crippen molar-refractivity contribution < 1.29 is 9.66 Å². The number of para-hydroxylation sites is 1. The first-order valence-electron chi connectivity index (χ1n) is 8.46. The average Bonchev–Trinajstić information content (AvgIpc) is 3.08. The van der Waals surface area contributed by atoms with Gasteiger partial charge in [-0.3, -0.25) is 15.0 Å². The zero-order chi connectivity index (χ0) is 19.8. The predicted molar refractivity (Wildman–Crippen MR) is 103 cm³/mol. The van der Waals surface area contributed by atoms with E-state index in [-0.39, 0.29) is 11.5 Å². The van der Waals surface area contributed by atoms with Crippen LogP contribution in [0.2, 0.25) is 0 Å². The molecule has 1 aliphatic heterocycles. The molecule has 8 heteroatoms. The summed E-state index contributed by atoms with van der Waals surface area (Å²) in [5, 5.41) is 20.4. The third-order valence-electron chi connectivity index (χ3n) is 4.64. The normalized spacial score (nSPS) is 14.9. The molecule has 1 atom stereocenters. The van der Waals surface area contributed by atoms with E-state index >= 15 is 0 Å². The van der Waals surface area contributed by atoms with Crippen LogP contribution in [0.3, 0.4) is 0 Å². The summed E-state index contributed by atoms with van der Waals surface area (Å²) in [6.45, 7) is 1.80. The van der Waals surface area contributed by atoms with Gasteiger partial charge < -0.3 is 10.5 Å². The number of anilines is 3. The zero-order valence-electron chi connectivity index (χ0n) is 14.9. The van der Waals surface area contributed by atoms with Gasteiger partial charge in [0.25, 0.3) is 5.69 Å². The van der Waals surface area contributed by atoms with Crippen molar-refractivity contribution in [1.82, 2.24) is 4.98 Å². The van der Waals surface area contributed by atoms with Gasteiger partial charge in [-0.05, 0) is 36.8 Å². The highest BCUT2D eigenvalue weighted by Crippen LogP contribution is 2.50. The lowest BCUT2D eigenvalue weighted by Gasteiger charge is -2.26. The molecule has 0 saturated heterocycles. The van der Waals surface area contributed by atoms with Crippen LogP contribution in [0.1, 0.15) is 22.9 Å². The van der Waals surface area contributed by atoms with Crippen LogP contribution in [-0.4, -0.2) is 9.91 Å². The minimum Gasteiger partial charge on any atom is -0.447 e. The van der Waals surface area contributed by atoms with Crippen molar-refractivity contribution in [3.8, 4) is 11.9 Å². The summed E-state index contributed by atoms with van der Waals surface area (Å²) in [4.78, 5) is 16.7. The van der Waals surface area contributed by atoms with E-state index in [0.717, 1.165) is 5.69 Å². The minimum absolute atomic E-state index is 0.00385. The number of hydrogen-bond acceptors (Lipinski definition) is 7. The summed E-state index contributed by atoms with van der Waals surface area (Å²) in [7, 11) is 0. The van der Waals surface area contributed by atoms with Gasteiger partial charge >= 0.3 is 0 Å². The lowest BCUT2D eigenvalue weighted by molar-refractivity contribution is -0.384. The molecule has 0 saturated carbocycles. The zero-order valence-corrected chi connectivity index (χ0v) is 14.9. The molecule has 138 valence electrons. The number of nitrogen functional groups attached to an aromatic ring is 1. The lowest BCUT2D eigenvalue weighted by Crippen LogP contribution is -2.22. The van der Waals surface area contributed by atoms with Crippen LogP contribution in [0, 0.1) is 28.4 Å². The van der Waals surface area contributed by atoms with Crippen molar-refractivity contribution in [2.75, 3.05) is 10.6 Å². The minimum atomic E-state index is -0.599. The predicted octanol–water partition coefficient (Wildman–Crippen LogP) is 3.98. The van der Waals surface area contributed by atoms with E-state index in [0.29, 0.717) is 28.3 Å². The summed E-state index contributed by atoms with van der Waals surface area (Å²) in [5.74, 6) is 0.428. The van der Waals surface area contributed by atoms with Gasteiger partial charge in [0.05, 0.1) is 10.5 Å². The van der Waals surface area contributed by atoms with E-state index in [1.165, 1.54) is 12.1 Å². The number of nitro groups is 1. The maximum Gasteiger partial charge on any atom is 0.269 e. The average molecular weight is 373 g/mol. The van der Waals surface area contributed by atoms with Crippen LogP contribution in [0.5, 0.6) is 5.88 Å². The number of benzene rings is 2. The van der Waals surface area contributed by atoms with Crippen LogP contribution >= 0.6 is 0 Å². The Bertz CT molecular complexity index is 1110. The van der Waals surface area contributed by atoms with Gasteiger partial charge in [-0.15, -0.1) is 0 Å². The summed E-state index contributed by atoms with van der Waals surface area (Å²) >= 11 is 0. The Balaban J connectivity index is 1.89. The summed E-state index contributed by atoms with van der Waals surface area (Å²) in [6.07, 6.45) is -0.599. The van der Waals surface area contributed by atoms with E-state index < -0.39 is 11.2 Å². The molecule has 8 nitrogen and oxygen atoms in total. The second kappa shape index (κ2) is 6.55. The number of pyridine rings is 1. The largest absolute Gasteiger partial charge is 0.447 e. The first kappa shape index (κ1) is 17.3.